The van der Waals surface area contributed by atoms with Crippen LogP contribution in [0.25, 0.3) is 22.4 Å². The molecule has 0 saturated carbocycles. The Morgan fingerprint density at radius 3 is 2.66 bits per heavy atom. The maximum absolute atomic E-state index is 13.6. The average molecular weight is 555 g/mol. The van der Waals surface area contributed by atoms with E-state index >= 15 is 0 Å². The number of sulfone groups is 1. The van der Waals surface area contributed by atoms with Crippen LogP contribution in [0.2, 0.25) is 0 Å². The number of aryl methyl sites for hydroxylation is 1. The number of H-pyrrole nitrogens is 1. The Kier molecular flexibility index (Phi) is 5.30. The molecule has 0 atom stereocenters. The Morgan fingerprint density at radius 1 is 1.06 bits per heavy atom. The number of rotatable bonds is 5. The maximum Gasteiger partial charge on any atom is 0.226 e. The zero-order chi connectivity index (χ0) is 22.3. The molecule has 0 saturated heterocycles. The minimum Gasteiger partial charge on any atom is -0.344 e. The van der Waals surface area contributed by atoms with Gasteiger partial charge in [-0.2, -0.15) is 5.10 Å². The molecule has 2 aromatic carbocycles. The summed E-state index contributed by atoms with van der Waals surface area (Å²) in [5.41, 5.74) is 3.89. The van der Waals surface area contributed by atoms with Gasteiger partial charge < -0.3 is 4.98 Å². The predicted molar refractivity (Wildman–Crippen MR) is 130 cm³/mol. The van der Waals surface area contributed by atoms with Gasteiger partial charge in [-0.3, -0.25) is 4.68 Å². The Hall–Kier alpha value is -3.05. The van der Waals surface area contributed by atoms with Crippen molar-refractivity contribution in [3.8, 4) is 11.3 Å². The minimum absolute atomic E-state index is 0.0897. The van der Waals surface area contributed by atoms with Crippen LogP contribution in [0.5, 0.6) is 0 Å². The van der Waals surface area contributed by atoms with Gasteiger partial charge in [0, 0.05) is 18.0 Å². The molecule has 0 bridgehead atoms. The number of hydrogen-bond acceptors (Lipinski definition) is 5. The smallest absolute Gasteiger partial charge is 0.226 e. The maximum atomic E-state index is 13.6. The summed E-state index contributed by atoms with van der Waals surface area (Å²) in [6, 6.07) is 16.7. The van der Waals surface area contributed by atoms with Crippen LogP contribution in [0.15, 0.2) is 83.1 Å². The summed E-state index contributed by atoms with van der Waals surface area (Å²) in [6.07, 6.45) is 5.20. The van der Waals surface area contributed by atoms with Gasteiger partial charge in [0.1, 0.15) is 11.2 Å². The summed E-state index contributed by atoms with van der Waals surface area (Å²) in [4.78, 5) is 12.4. The van der Waals surface area contributed by atoms with Crippen LogP contribution < -0.4 is 0 Å². The Labute approximate surface area is 198 Å². The predicted octanol–water partition coefficient (Wildman–Crippen LogP) is 4.62. The fourth-order valence-electron chi connectivity index (χ4n) is 3.50. The highest BCUT2D eigenvalue weighted by molar-refractivity contribution is 14.1. The van der Waals surface area contributed by atoms with Gasteiger partial charge in [0.25, 0.3) is 0 Å². The quantitative estimate of drug-likeness (QED) is 0.320. The van der Waals surface area contributed by atoms with Gasteiger partial charge in [0.15, 0.2) is 10.7 Å². The number of benzene rings is 2. The van der Waals surface area contributed by atoms with Crippen LogP contribution >= 0.6 is 22.6 Å². The summed E-state index contributed by atoms with van der Waals surface area (Å²) in [5, 5.41) is 4.34. The molecule has 7 nitrogen and oxygen atoms in total. The summed E-state index contributed by atoms with van der Waals surface area (Å²) >= 11 is 2.15. The van der Waals surface area contributed by atoms with Crippen molar-refractivity contribution >= 4 is 43.6 Å². The molecule has 9 heteroatoms. The fraction of sp³-hybridized carbons (Fsp3) is 0.0870. The van der Waals surface area contributed by atoms with Crippen LogP contribution in [-0.4, -0.2) is 33.2 Å². The molecule has 0 spiro atoms. The van der Waals surface area contributed by atoms with Crippen LogP contribution in [-0.2, 0) is 16.4 Å². The van der Waals surface area contributed by atoms with E-state index in [-0.39, 0.29) is 15.6 Å². The van der Waals surface area contributed by atoms with Crippen molar-refractivity contribution in [1.29, 1.82) is 0 Å². The summed E-state index contributed by atoms with van der Waals surface area (Å²) < 4.78 is 29.8. The highest BCUT2D eigenvalue weighted by Crippen LogP contribution is 2.31. The lowest BCUT2D eigenvalue weighted by molar-refractivity contribution is 0.592. The first-order valence-electron chi connectivity index (χ1n) is 9.85. The molecule has 32 heavy (non-hydrogen) atoms. The average Bonchev–Trinajstić information content (AvgIpc) is 3.40. The Bertz CT molecular complexity index is 1540. The van der Waals surface area contributed by atoms with Gasteiger partial charge in [0.05, 0.1) is 21.2 Å². The van der Waals surface area contributed by atoms with Crippen LogP contribution in [0.4, 0.5) is 0 Å². The number of aromatic nitrogens is 5. The van der Waals surface area contributed by atoms with E-state index in [0.717, 1.165) is 14.7 Å². The Balaban J connectivity index is 1.66. The molecule has 3 aromatic heterocycles. The van der Waals surface area contributed by atoms with Gasteiger partial charge in [0.2, 0.25) is 9.84 Å². The van der Waals surface area contributed by atoms with E-state index in [2.05, 4.69) is 37.7 Å². The molecule has 0 unspecified atom stereocenters. The van der Waals surface area contributed by atoms with E-state index in [1.165, 1.54) is 0 Å². The van der Waals surface area contributed by atoms with E-state index in [9.17, 15) is 8.42 Å². The van der Waals surface area contributed by atoms with Crippen molar-refractivity contribution in [2.24, 2.45) is 0 Å². The summed E-state index contributed by atoms with van der Waals surface area (Å²) in [7, 11) is -3.91. The first-order chi connectivity index (χ1) is 15.4. The third kappa shape index (κ3) is 3.82. The third-order valence-electron chi connectivity index (χ3n) is 5.07. The van der Waals surface area contributed by atoms with Gasteiger partial charge in [-0.25, -0.2) is 18.4 Å². The van der Waals surface area contributed by atoms with E-state index in [4.69, 9.17) is 4.98 Å². The van der Waals surface area contributed by atoms with E-state index in [1.54, 1.807) is 41.5 Å². The van der Waals surface area contributed by atoms with Crippen LogP contribution in [0, 0.1) is 10.5 Å². The largest absolute Gasteiger partial charge is 0.344 e. The van der Waals surface area contributed by atoms with Crippen molar-refractivity contribution in [2.75, 3.05) is 0 Å². The van der Waals surface area contributed by atoms with Crippen molar-refractivity contribution < 1.29 is 8.42 Å². The van der Waals surface area contributed by atoms with Crippen molar-refractivity contribution in [3.63, 3.8) is 0 Å². The minimum atomic E-state index is -3.91. The van der Waals surface area contributed by atoms with Crippen molar-refractivity contribution in [1.82, 2.24) is 24.7 Å². The molecule has 0 aliphatic rings. The second kappa shape index (κ2) is 8.14. The molecular formula is C23H18IN5O2S. The molecule has 1 N–H and O–H groups in total. The van der Waals surface area contributed by atoms with E-state index in [0.29, 0.717) is 23.3 Å². The highest BCUT2D eigenvalue weighted by atomic mass is 127. The number of nitrogens with one attached hydrogen (secondary N) is 1. The molecule has 0 radical (unpaired) electrons. The molecule has 0 aliphatic carbocycles. The Morgan fingerprint density at radius 2 is 1.88 bits per heavy atom. The monoisotopic (exact) mass is 555 g/mol. The summed E-state index contributed by atoms with van der Waals surface area (Å²) in [6.45, 7) is 2.42. The topological polar surface area (TPSA) is 93.5 Å². The number of hydrogen-bond donors (Lipinski definition) is 1. The van der Waals surface area contributed by atoms with Crippen molar-refractivity contribution in [2.45, 2.75) is 23.4 Å². The number of halogens is 1. The lowest BCUT2D eigenvalue weighted by Crippen LogP contribution is -2.09. The van der Waals surface area contributed by atoms with Crippen LogP contribution in [0.3, 0.4) is 0 Å². The van der Waals surface area contributed by atoms with E-state index < -0.39 is 9.84 Å². The van der Waals surface area contributed by atoms with Gasteiger partial charge in [-0.1, -0.05) is 42.5 Å². The standard InChI is InChI=1S/C23H18IN5O2S/c1-15-6-5-9-18(10-15)32(30,31)23-20(27-21-19(24)12-25-22(21)28-23)17-11-26-29(14-17)13-16-7-3-2-4-8-16/h2-12,14H,13H2,1H3,(H,25,28). The van der Waals surface area contributed by atoms with Crippen LogP contribution in [0.1, 0.15) is 11.1 Å². The second-order valence-electron chi connectivity index (χ2n) is 7.44. The number of nitrogens with zero attached hydrogens (tertiary/aromatic N) is 4. The molecule has 0 aliphatic heterocycles. The van der Waals surface area contributed by atoms with Gasteiger partial charge in [-0.15, -0.1) is 0 Å². The molecule has 0 fully saturated rings. The molecule has 160 valence electrons. The first kappa shape index (κ1) is 20.8. The SMILES string of the molecule is Cc1cccc(S(=O)(=O)c2nc3[nH]cc(I)c3nc2-c2cnn(Cc3ccccc3)c2)c1. The molecular weight excluding hydrogens is 537 g/mol. The molecule has 0 amide bonds. The fourth-order valence-corrected chi connectivity index (χ4v) is 5.48. The van der Waals surface area contributed by atoms with Gasteiger partial charge in [-0.05, 0) is 52.8 Å². The molecule has 3 heterocycles. The lowest BCUT2D eigenvalue weighted by Gasteiger charge is -2.09. The normalized spacial score (nSPS) is 11.8. The highest BCUT2D eigenvalue weighted by Gasteiger charge is 2.27. The zero-order valence-electron chi connectivity index (χ0n) is 17.0. The molecule has 5 rings (SSSR count). The summed E-state index contributed by atoms with van der Waals surface area (Å²) in [5.74, 6) is 0. The van der Waals surface area contributed by atoms with Crippen molar-refractivity contribution in [3.05, 3.63) is 87.9 Å². The number of aromatic amines is 1. The van der Waals surface area contributed by atoms with Gasteiger partial charge >= 0.3 is 0 Å². The van der Waals surface area contributed by atoms with E-state index in [1.807, 2.05) is 43.3 Å². The third-order valence-corrected chi connectivity index (χ3v) is 7.56. The molecule has 5 aromatic rings. The lowest BCUT2D eigenvalue weighted by atomic mass is 10.2. The number of fused-ring (bicyclic) bond motifs is 1. The second-order valence-corrected chi connectivity index (χ2v) is 10.5. The zero-order valence-corrected chi connectivity index (χ0v) is 20.0. The first-order valence-corrected chi connectivity index (χ1v) is 12.4.